The van der Waals surface area contributed by atoms with Crippen LogP contribution in [0.4, 0.5) is 0 Å². The second-order valence-electron chi connectivity index (χ2n) is 5.98. The maximum absolute atomic E-state index is 12.1. The van der Waals surface area contributed by atoms with E-state index in [0.29, 0.717) is 6.54 Å². The Morgan fingerprint density at radius 3 is 2.86 bits per heavy atom. The number of nitrogens with zero attached hydrogens (tertiary/aromatic N) is 1. The van der Waals surface area contributed by atoms with E-state index in [1.165, 1.54) is 0 Å². The normalized spacial score (nSPS) is 18.5. The highest BCUT2D eigenvalue weighted by Crippen LogP contribution is 2.23. The predicted molar refractivity (Wildman–Crippen MR) is 84.5 cm³/mol. The molecule has 1 aliphatic rings. The van der Waals surface area contributed by atoms with E-state index in [-0.39, 0.29) is 18.1 Å². The van der Waals surface area contributed by atoms with E-state index in [2.05, 4.69) is 10.2 Å². The van der Waals surface area contributed by atoms with Crippen LogP contribution in [-0.2, 0) is 4.79 Å². The number of aliphatic hydroxyl groups excluding tert-OH is 1. The number of para-hydroxylation sites is 1. The summed E-state index contributed by atoms with van der Waals surface area (Å²) in [6, 6.07) is 9.63. The number of furan rings is 1. The Balaban J connectivity index is 1.56. The van der Waals surface area contributed by atoms with Gasteiger partial charge < -0.3 is 14.8 Å². The van der Waals surface area contributed by atoms with Crippen molar-refractivity contribution in [3.8, 4) is 0 Å². The second kappa shape index (κ2) is 6.50. The highest BCUT2D eigenvalue weighted by atomic mass is 16.3. The van der Waals surface area contributed by atoms with Gasteiger partial charge in [0.15, 0.2) is 0 Å². The molecule has 118 valence electrons. The summed E-state index contributed by atoms with van der Waals surface area (Å²) in [6.45, 7) is 3.84. The minimum Gasteiger partial charge on any atom is -0.459 e. The molecule has 0 radical (unpaired) electrons. The van der Waals surface area contributed by atoms with Crippen molar-refractivity contribution >= 4 is 16.9 Å². The van der Waals surface area contributed by atoms with E-state index in [0.717, 1.165) is 42.7 Å². The van der Waals surface area contributed by atoms with Crippen molar-refractivity contribution in [3.05, 3.63) is 36.1 Å². The number of carbonyl (C=O) groups is 1. The third-order valence-electron chi connectivity index (χ3n) is 4.17. The number of nitrogens with one attached hydrogen (secondary N) is 1. The lowest BCUT2D eigenvalue weighted by Crippen LogP contribution is -2.43. The summed E-state index contributed by atoms with van der Waals surface area (Å²) in [5.41, 5.74) is 0.837. The van der Waals surface area contributed by atoms with Gasteiger partial charge in [0.2, 0.25) is 5.91 Å². The van der Waals surface area contributed by atoms with E-state index in [9.17, 15) is 9.90 Å². The van der Waals surface area contributed by atoms with Crippen molar-refractivity contribution in [2.24, 2.45) is 0 Å². The molecule has 1 saturated heterocycles. The van der Waals surface area contributed by atoms with Crippen LogP contribution in [0.1, 0.15) is 31.6 Å². The van der Waals surface area contributed by atoms with Gasteiger partial charge in [-0.05, 0) is 31.9 Å². The van der Waals surface area contributed by atoms with Crippen LogP contribution in [0.5, 0.6) is 0 Å². The van der Waals surface area contributed by atoms with Crippen molar-refractivity contribution in [3.63, 3.8) is 0 Å². The molecular formula is C17H22N2O3. The number of piperidine rings is 1. The Labute approximate surface area is 129 Å². The molecule has 5 nitrogen and oxygen atoms in total. The van der Waals surface area contributed by atoms with Gasteiger partial charge in [0.1, 0.15) is 11.3 Å². The first-order valence-electron chi connectivity index (χ1n) is 7.80. The summed E-state index contributed by atoms with van der Waals surface area (Å²) in [4.78, 5) is 14.2. The number of rotatable bonds is 4. The molecule has 1 aromatic heterocycles. The number of aliphatic hydroxyl groups is 1. The topological polar surface area (TPSA) is 65.7 Å². The molecule has 0 aliphatic carbocycles. The van der Waals surface area contributed by atoms with E-state index in [1.807, 2.05) is 37.3 Å². The van der Waals surface area contributed by atoms with Gasteiger partial charge >= 0.3 is 0 Å². The minimum absolute atomic E-state index is 0.00986. The summed E-state index contributed by atoms with van der Waals surface area (Å²) in [7, 11) is 0. The number of hydrogen-bond acceptors (Lipinski definition) is 4. The van der Waals surface area contributed by atoms with Gasteiger partial charge in [-0.1, -0.05) is 18.2 Å². The number of fused-ring (bicyclic) bond motifs is 1. The third kappa shape index (κ3) is 3.48. The van der Waals surface area contributed by atoms with Crippen molar-refractivity contribution in [2.75, 3.05) is 19.6 Å². The molecule has 2 aromatic rings. The summed E-state index contributed by atoms with van der Waals surface area (Å²) < 4.78 is 5.77. The summed E-state index contributed by atoms with van der Waals surface area (Å²) in [5.74, 6) is 0.757. The van der Waals surface area contributed by atoms with Crippen LogP contribution in [-0.4, -0.2) is 41.7 Å². The van der Waals surface area contributed by atoms with Crippen molar-refractivity contribution in [1.29, 1.82) is 0 Å². The smallest absolute Gasteiger partial charge is 0.234 e. The van der Waals surface area contributed by atoms with Crippen molar-refractivity contribution in [1.82, 2.24) is 10.2 Å². The largest absolute Gasteiger partial charge is 0.459 e. The van der Waals surface area contributed by atoms with Gasteiger partial charge in [-0.25, -0.2) is 0 Å². The summed E-state index contributed by atoms with van der Waals surface area (Å²) in [6.07, 6.45) is 1.27. The highest BCUT2D eigenvalue weighted by Gasteiger charge is 2.20. The second-order valence-corrected chi connectivity index (χ2v) is 5.98. The van der Waals surface area contributed by atoms with E-state index in [4.69, 9.17) is 4.42 Å². The molecule has 1 aromatic carbocycles. The van der Waals surface area contributed by atoms with Gasteiger partial charge in [-0.3, -0.25) is 9.69 Å². The van der Waals surface area contributed by atoms with Crippen molar-refractivity contribution < 1.29 is 14.3 Å². The zero-order chi connectivity index (χ0) is 15.5. The maximum atomic E-state index is 12.1. The molecule has 5 heteroatoms. The zero-order valence-electron chi connectivity index (χ0n) is 12.8. The zero-order valence-corrected chi connectivity index (χ0v) is 12.8. The lowest BCUT2D eigenvalue weighted by atomic mass is 10.1. The van der Waals surface area contributed by atoms with Crippen LogP contribution >= 0.6 is 0 Å². The molecule has 22 heavy (non-hydrogen) atoms. The first kappa shape index (κ1) is 15.1. The highest BCUT2D eigenvalue weighted by molar-refractivity contribution is 5.80. The summed E-state index contributed by atoms with van der Waals surface area (Å²) >= 11 is 0. The number of amides is 1. The molecule has 1 fully saturated rings. The lowest BCUT2D eigenvalue weighted by Gasteiger charge is -2.29. The standard InChI is InChI=1S/C17H22N2O3/c1-12(16-10-13-4-2-3-5-15(13)22-16)18-17(21)11-19-8-6-14(20)7-9-19/h2-5,10,12,14,20H,6-9,11H2,1H3,(H,18,21)/t12-/m0/s1. The molecule has 0 spiro atoms. The first-order chi connectivity index (χ1) is 10.6. The van der Waals surface area contributed by atoms with Crippen LogP contribution in [0.25, 0.3) is 11.0 Å². The van der Waals surface area contributed by atoms with Gasteiger partial charge in [0, 0.05) is 18.5 Å². The Morgan fingerprint density at radius 1 is 1.41 bits per heavy atom. The fourth-order valence-electron chi connectivity index (χ4n) is 2.85. The Kier molecular flexibility index (Phi) is 4.45. The Bertz CT molecular complexity index is 611. The number of carbonyl (C=O) groups excluding carboxylic acids is 1. The fraction of sp³-hybridized carbons (Fsp3) is 0.471. The van der Waals surface area contributed by atoms with Crippen LogP contribution in [0, 0.1) is 0 Å². The average molecular weight is 302 g/mol. The molecule has 3 rings (SSSR count). The summed E-state index contributed by atoms with van der Waals surface area (Å²) in [5, 5.41) is 13.5. The van der Waals surface area contributed by atoms with Gasteiger partial charge in [-0.15, -0.1) is 0 Å². The van der Waals surface area contributed by atoms with E-state index in [1.54, 1.807) is 0 Å². The predicted octanol–water partition coefficient (Wildman–Crippen LogP) is 2.07. The van der Waals surface area contributed by atoms with Crippen LogP contribution < -0.4 is 5.32 Å². The molecule has 0 bridgehead atoms. The molecular weight excluding hydrogens is 280 g/mol. The quantitative estimate of drug-likeness (QED) is 0.907. The number of likely N-dealkylation sites (tertiary alicyclic amines) is 1. The molecule has 1 amide bonds. The Hall–Kier alpha value is -1.85. The molecule has 0 unspecified atom stereocenters. The number of benzene rings is 1. The lowest BCUT2D eigenvalue weighted by molar-refractivity contribution is -0.123. The van der Waals surface area contributed by atoms with E-state index < -0.39 is 0 Å². The third-order valence-corrected chi connectivity index (χ3v) is 4.17. The molecule has 0 saturated carbocycles. The molecule has 1 atom stereocenters. The van der Waals surface area contributed by atoms with Crippen LogP contribution in [0.2, 0.25) is 0 Å². The van der Waals surface area contributed by atoms with Crippen LogP contribution in [0.15, 0.2) is 34.7 Å². The van der Waals surface area contributed by atoms with Crippen molar-refractivity contribution in [2.45, 2.75) is 31.9 Å². The average Bonchev–Trinajstić information content (AvgIpc) is 2.93. The van der Waals surface area contributed by atoms with Crippen LogP contribution in [0.3, 0.4) is 0 Å². The molecule has 2 N–H and O–H groups in total. The van der Waals surface area contributed by atoms with E-state index >= 15 is 0 Å². The molecule has 1 aliphatic heterocycles. The Morgan fingerprint density at radius 2 is 2.14 bits per heavy atom. The maximum Gasteiger partial charge on any atom is 0.234 e. The monoisotopic (exact) mass is 302 g/mol. The van der Waals surface area contributed by atoms with Gasteiger partial charge in [-0.2, -0.15) is 0 Å². The SMILES string of the molecule is C[C@H](NC(=O)CN1CCC(O)CC1)c1cc2ccccc2o1. The van der Waals surface area contributed by atoms with Gasteiger partial charge in [0.25, 0.3) is 0 Å². The first-order valence-corrected chi connectivity index (χ1v) is 7.80. The van der Waals surface area contributed by atoms with Gasteiger partial charge in [0.05, 0.1) is 18.7 Å². The fourth-order valence-corrected chi connectivity index (χ4v) is 2.85. The minimum atomic E-state index is -0.214. The molecule has 2 heterocycles. The number of hydrogen-bond donors (Lipinski definition) is 2.